The molecule has 0 bridgehead atoms. The zero-order valence-electron chi connectivity index (χ0n) is 10.6. The molecule has 3 rings (SSSR count). The summed E-state index contributed by atoms with van der Waals surface area (Å²) in [6.45, 7) is 1.76. The molecule has 0 unspecified atom stereocenters. The van der Waals surface area contributed by atoms with E-state index < -0.39 is 0 Å². The van der Waals surface area contributed by atoms with Gasteiger partial charge in [0.2, 0.25) is 0 Å². The molecule has 3 aromatic rings. The lowest BCUT2D eigenvalue weighted by molar-refractivity contribution is 1.03. The van der Waals surface area contributed by atoms with Gasteiger partial charge in [-0.05, 0) is 24.6 Å². The second kappa shape index (κ2) is 5.19. The van der Waals surface area contributed by atoms with Gasteiger partial charge in [-0.25, -0.2) is 4.98 Å². The molecule has 6 heteroatoms. The van der Waals surface area contributed by atoms with Gasteiger partial charge in [0.1, 0.15) is 4.34 Å². The summed E-state index contributed by atoms with van der Waals surface area (Å²) in [6, 6.07) is 3.79. The molecule has 4 nitrogen and oxygen atoms in total. The molecule has 100 valence electrons. The molecule has 0 amide bonds. The molecule has 0 aliphatic carbocycles. The number of halogens is 1. The van der Waals surface area contributed by atoms with Crippen molar-refractivity contribution in [3.05, 3.63) is 62.2 Å². The van der Waals surface area contributed by atoms with Crippen molar-refractivity contribution in [1.82, 2.24) is 14.4 Å². The summed E-state index contributed by atoms with van der Waals surface area (Å²) in [4.78, 5) is 21.3. The van der Waals surface area contributed by atoms with E-state index in [1.165, 1.54) is 15.7 Å². The van der Waals surface area contributed by atoms with Crippen molar-refractivity contribution in [2.75, 3.05) is 0 Å². The maximum atomic E-state index is 12.2. The van der Waals surface area contributed by atoms with Crippen molar-refractivity contribution in [3.8, 4) is 0 Å². The largest absolute Gasteiger partial charge is 0.269 e. The Bertz CT molecular complexity index is 852. The van der Waals surface area contributed by atoms with Crippen LogP contribution in [0.25, 0.3) is 17.1 Å². The third kappa shape index (κ3) is 2.37. The second-order valence-electron chi connectivity index (χ2n) is 4.23. The molecular weight excluding hydrogens is 294 g/mol. The van der Waals surface area contributed by atoms with Crippen molar-refractivity contribution in [2.24, 2.45) is 0 Å². The van der Waals surface area contributed by atoms with E-state index in [2.05, 4.69) is 9.97 Å². The van der Waals surface area contributed by atoms with E-state index >= 15 is 0 Å². The van der Waals surface area contributed by atoms with E-state index in [0.717, 1.165) is 5.56 Å². The summed E-state index contributed by atoms with van der Waals surface area (Å²) in [5.74, 6) is 0. The van der Waals surface area contributed by atoms with Crippen molar-refractivity contribution in [3.63, 3.8) is 0 Å². The van der Waals surface area contributed by atoms with Crippen LogP contribution in [-0.2, 0) is 0 Å². The summed E-state index contributed by atoms with van der Waals surface area (Å²) in [7, 11) is 0. The molecule has 0 spiro atoms. The number of pyridine rings is 1. The van der Waals surface area contributed by atoms with Crippen LogP contribution in [0, 0.1) is 6.92 Å². The van der Waals surface area contributed by atoms with Gasteiger partial charge in [-0.15, -0.1) is 0 Å². The van der Waals surface area contributed by atoms with Crippen LogP contribution in [0.4, 0.5) is 0 Å². The van der Waals surface area contributed by atoms with Crippen molar-refractivity contribution < 1.29 is 0 Å². The highest BCUT2D eigenvalue weighted by Crippen LogP contribution is 2.21. The number of nitrogens with zero attached hydrogens (tertiary/aromatic N) is 3. The summed E-state index contributed by atoms with van der Waals surface area (Å²) < 4.78 is 2.02. The smallest absolute Gasteiger partial charge is 0.262 e. The molecule has 0 saturated carbocycles. The molecule has 0 aromatic carbocycles. The minimum absolute atomic E-state index is 0.0935. The van der Waals surface area contributed by atoms with E-state index in [4.69, 9.17) is 11.6 Å². The minimum atomic E-state index is -0.0935. The van der Waals surface area contributed by atoms with Crippen molar-refractivity contribution >= 4 is 40.1 Å². The van der Waals surface area contributed by atoms with Gasteiger partial charge in [0.15, 0.2) is 4.96 Å². The van der Waals surface area contributed by atoms with E-state index in [0.29, 0.717) is 20.6 Å². The van der Waals surface area contributed by atoms with Gasteiger partial charge in [0.05, 0.1) is 5.69 Å². The summed E-state index contributed by atoms with van der Waals surface area (Å²) in [6.07, 6.45) is 8.76. The van der Waals surface area contributed by atoms with Crippen LogP contribution >= 0.6 is 22.9 Å². The van der Waals surface area contributed by atoms with Crippen LogP contribution in [0.3, 0.4) is 0 Å². The summed E-state index contributed by atoms with van der Waals surface area (Å²) >= 11 is 7.21. The molecule has 0 saturated heterocycles. The highest BCUT2D eigenvalue weighted by Gasteiger charge is 2.09. The average Bonchev–Trinajstić information content (AvgIpc) is 2.83. The Hall–Kier alpha value is -1.98. The van der Waals surface area contributed by atoms with Crippen molar-refractivity contribution in [2.45, 2.75) is 6.92 Å². The second-order valence-corrected chi connectivity index (χ2v) is 5.88. The van der Waals surface area contributed by atoms with Crippen LogP contribution in [0.2, 0.25) is 4.34 Å². The lowest BCUT2D eigenvalue weighted by atomic mass is 10.2. The predicted molar refractivity (Wildman–Crippen MR) is 82.3 cm³/mol. The topological polar surface area (TPSA) is 47.3 Å². The van der Waals surface area contributed by atoms with E-state index in [9.17, 15) is 4.79 Å². The number of aromatic nitrogens is 3. The van der Waals surface area contributed by atoms with Gasteiger partial charge >= 0.3 is 0 Å². The molecule has 0 aliphatic heterocycles. The van der Waals surface area contributed by atoms with Crippen LogP contribution < -0.4 is 5.56 Å². The highest BCUT2D eigenvalue weighted by atomic mass is 35.5. The fraction of sp³-hybridized carbons (Fsp3) is 0.0714. The first kappa shape index (κ1) is 13.0. The fourth-order valence-corrected chi connectivity index (χ4v) is 2.85. The van der Waals surface area contributed by atoms with Gasteiger partial charge in [-0.1, -0.05) is 35.1 Å². The Labute approximate surface area is 124 Å². The minimum Gasteiger partial charge on any atom is -0.269 e. The first-order chi connectivity index (χ1) is 9.65. The zero-order valence-corrected chi connectivity index (χ0v) is 12.1. The summed E-state index contributed by atoms with van der Waals surface area (Å²) in [5, 5.41) is 0. The number of rotatable bonds is 2. The number of hydrogen-bond acceptors (Lipinski definition) is 4. The normalized spacial score (nSPS) is 11.5. The monoisotopic (exact) mass is 303 g/mol. The predicted octanol–water partition coefficient (Wildman–Crippen LogP) is 3.28. The number of hydrogen-bond donors (Lipinski definition) is 0. The summed E-state index contributed by atoms with van der Waals surface area (Å²) in [5.41, 5.74) is 2.11. The van der Waals surface area contributed by atoms with Gasteiger partial charge in [-0.2, -0.15) is 0 Å². The average molecular weight is 304 g/mol. The van der Waals surface area contributed by atoms with Crippen LogP contribution in [0.15, 0.2) is 35.5 Å². The SMILES string of the molecule is Cc1c(/C=C/c2cccnc2)nc2sc(Cl)cn2c1=O. The van der Waals surface area contributed by atoms with E-state index in [1.54, 1.807) is 25.5 Å². The highest BCUT2D eigenvalue weighted by molar-refractivity contribution is 7.20. The van der Waals surface area contributed by atoms with Gasteiger partial charge < -0.3 is 0 Å². The lowest BCUT2D eigenvalue weighted by Crippen LogP contribution is -2.17. The number of thiazole rings is 1. The van der Waals surface area contributed by atoms with Gasteiger partial charge in [0, 0.05) is 24.2 Å². The molecule has 20 heavy (non-hydrogen) atoms. The van der Waals surface area contributed by atoms with Gasteiger partial charge in [0.25, 0.3) is 5.56 Å². The Balaban J connectivity index is 2.10. The van der Waals surface area contributed by atoms with E-state index in [-0.39, 0.29) is 5.56 Å². The third-order valence-corrected chi connectivity index (χ3v) is 3.98. The molecular formula is C14H10ClN3OS. The zero-order chi connectivity index (χ0) is 14.1. The molecule has 0 radical (unpaired) electrons. The fourth-order valence-electron chi connectivity index (χ4n) is 1.83. The first-order valence-corrected chi connectivity index (χ1v) is 7.11. The Morgan fingerprint density at radius 3 is 3.00 bits per heavy atom. The van der Waals surface area contributed by atoms with Gasteiger partial charge in [-0.3, -0.25) is 14.2 Å². The number of fused-ring (bicyclic) bond motifs is 1. The lowest BCUT2D eigenvalue weighted by Gasteiger charge is -2.00. The Kier molecular flexibility index (Phi) is 3.38. The molecule has 3 heterocycles. The quantitative estimate of drug-likeness (QED) is 0.730. The van der Waals surface area contributed by atoms with Crippen LogP contribution in [0.1, 0.15) is 16.8 Å². The Morgan fingerprint density at radius 1 is 1.40 bits per heavy atom. The molecule has 0 atom stereocenters. The first-order valence-electron chi connectivity index (χ1n) is 5.91. The standard InChI is InChI=1S/C14H10ClN3OS/c1-9-11(5-4-10-3-2-6-16-7-10)17-14-18(13(9)19)8-12(15)20-14/h2-8H,1H3/b5-4+. The maximum absolute atomic E-state index is 12.2. The third-order valence-electron chi connectivity index (χ3n) is 2.88. The van der Waals surface area contributed by atoms with Crippen molar-refractivity contribution in [1.29, 1.82) is 0 Å². The van der Waals surface area contributed by atoms with Crippen LogP contribution in [0.5, 0.6) is 0 Å². The molecule has 3 aromatic heterocycles. The molecule has 0 fully saturated rings. The van der Waals surface area contributed by atoms with E-state index in [1.807, 2.05) is 24.3 Å². The molecule has 0 N–H and O–H groups in total. The Morgan fingerprint density at radius 2 is 2.25 bits per heavy atom. The maximum Gasteiger partial charge on any atom is 0.262 e. The molecule has 0 aliphatic rings. The van der Waals surface area contributed by atoms with Crippen LogP contribution in [-0.4, -0.2) is 14.4 Å².